The second-order valence-electron chi connectivity index (χ2n) is 12.0. The van der Waals surface area contributed by atoms with Crippen molar-refractivity contribution in [3.05, 3.63) is 92.6 Å². The third kappa shape index (κ3) is 6.22. The maximum absolute atomic E-state index is 13.6. The Balaban J connectivity index is 1.39. The van der Waals surface area contributed by atoms with Gasteiger partial charge in [0.15, 0.2) is 0 Å². The molecule has 0 unspecified atom stereocenters. The minimum absolute atomic E-state index is 0.0199. The second kappa shape index (κ2) is 13.4. The first kappa shape index (κ1) is 33.6. The van der Waals surface area contributed by atoms with Crippen LogP contribution in [-0.2, 0) is 54.4 Å². The van der Waals surface area contributed by atoms with Gasteiger partial charge in [0.05, 0.1) is 35.5 Å². The Morgan fingerprint density at radius 2 is 1.73 bits per heavy atom. The highest BCUT2D eigenvalue weighted by atomic mass is 35.5. The number of nitrogens with zero attached hydrogens (tertiary/aromatic N) is 5. The van der Waals surface area contributed by atoms with E-state index >= 15 is 0 Å². The molecule has 1 aliphatic heterocycles. The first-order valence-electron chi connectivity index (χ1n) is 15.6. The number of carbonyl (C=O) groups excluding carboxylic acids is 2. The summed E-state index contributed by atoms with van der Waals surface area (Å²) >= 11 is 16.8. The Kier molecular flexibility index (Phi) is 9.21. The lowest BCUT2D eigenvalue weighted by Crippen LogP contribution is -2.13. The van der Waals surface area contributed by atoms with Gasteiger partial charge in [-0.15, -0.1) is 23.5 Å². The van der Waals surface area contributed by atoms with Gasteiger partial charge in [0.2, 0.25) is 0 Å². The van der Waals surface area contributed by atoms with Crippen LogP contribution in [0.3, 0.4) is 0 Å². The molecule has 6 aromatic rings. The number of halogens is 2. The van der Waals surface area contributed by atoms with Crippen LogP contribution in [0.15, 0.2) is 53.4 Å². The van der Waals surface area contributed by atoms with Crippen LogP contribution in [0.2, 0.25) is 10.0 Å². The van der Waals surface area contributed by atoms with Gasteiger partial charge in [0, 0.05) is 81.6 Å². The average molecular weight is 735 g/mol. The van der Waals surface area contributed by atoms with Crippen LogP contribution in [0.25, 0.3) is 32.8 Å². The van der Waals surface area contributed by atoms with Gasteiger partial charge < -0.3 is 14.0 Å². The van der Waals surface area contributed by atoms with Gasteiger partial charge in [0.1, 0.15) is 11.4 Å². The topological polar surface area (TPSA) is 93.2 Å². The zero-order valence-electron chi connectivity index (χ0n) is 27.6. The molecule has 7 rings (SSSR count). The normalized spacial score (nSPS) is 14.1. The van der Waals surface area contributed by atoms with E-state index in [1.54, 1.807) is 29.6 Å². The Morgan fingerprint density at radius 1 is 0.918 bits per heavy atom. The largest absolute Gasteiger partial charge is 0.464 e. The molecule has 4 heterocycles. The fraction of sp³-hybridized carbons (Fsp3) is 0.278. The van der Waals surface area contributed by atoms with Gasteiger partial charge in [-0.3, -0.25) is 14.2 Å². The molecule has 13 heteroatoms. The SMILES string of the molecule is COC(=O)c1c2c3ccc(Cl)c(c3n1C)-c1c(nn(C)c1C)CSCc1cc(n(C)n1)CSc1cc(c3cc(Cl)ccc3c1)OC(=O)CC2. The molecule has 1 aliphatic rings. The number of benzene rings is 3. The first-order chi connectivity index (χ1) is 23.5. The lowest BCUT2D eigenvalue weighted by Gasteiger charge is -2.12. The van der Waals surface area contributed by atoms with E-state index in [2.05, 4.69) is 12.1 Å². The highest BCUT2D eigenvalue weighted by molar-refractivity contribution is 7.98. The smallest absolute Gasteiger partial charge is 0.354 e. The standard InChI is InChI=1S/C36H33Cl2N5O4S2/c1-19-32-29(40-42(19)3)18-48-16-22-14-23(43(4)39-22)17-49-24-12-20-6-7-21(37)13-27(20)30(15-24)47-31(44)11-9-26-25-8-10-28(38)33(32)34(25)41(2)35(26)36(45)46-5/h6-8,10,12-15H,9,11,16-18H2,1-5H3. The van der Waals surface area contributed by atoms with Crippen molar-refractivity contribution in [1.29, 1.82) is 0 Å². The van der Waals surface area contributed by atoms with Crippen LogP contribution in [0.4, 0.5) is 0 Å². The number of aromatic nitrogens is 5. The molecule has 0 N–H and O–H groups in total. The summed E-state index contributed by atoms with van der Waals surface area (Å²) in [7, 11) is 7.06. The Morgan fingerprint density at radius 3 is 2.53 bits per heavy atom. The van der Waals surface area contributed by atoms with Gasteiger partial charge >= 0.3 is 11.9 Å². The number of hydrogen-bond acceptors (Lipinski definition) is 8. The summed E-state index contributed by atoms with van der Waals surface area (Å²) in [6.45, 7) is 2.02. The maximum Gasteiger partial charge on any atom is 0.354 e. The molecule has 0 atom stereocenters. The maximum atomic E-state index is 13.6. The lowest BCUT2D eigenvalue weighted by atomic mass is 9.98. The predicted octanol–water partition coefficient (Wildman–Crippen LogP) is 8.44. The van der Waals surface area contributed by atoms with Crippen LogP contribution in [0, 0.1) is 6.92 Å². The second-order valence-corrected chi connectivity index (χ2v) is 14.9. The molecule has 0 radical (unpaired) electrons. The van der Waals surface area contributed by atoms with E-state index < -0.39 is 11.9 Å². The Bertz CT molecular complexity index is 2310. The van der Waals surface area contributed by atoms with Gasteiger partial charge in [0.25, 0.3) is 0 Å². The highest BCUT2D eigenvalue weighted by Gasteiger charge is 2.28. The fourth-order valence-electron chi connectivity index (χ4n) is 6.58. The molecule has 0 aliphatic carbocycles. The molecule has 8 bridgehead atoms. The number of fused-ring (bicyclic) bond motifs is 8. The summed E-state index contributed by atoms with van der Waals surface area (Å²) in [4.78, 5) is 27.9. The van der Waals surface area contributed by atoms with E-state index in [1.807, 2.05) is 72.3 Å². The number of hydrogen-bond donors (Lipinski definition) is 0. The Hall–Kier alpha value is -3.90. The number of esters is 2. The third-order valence-electron chi connectivity index (χ3n) is 9.00. The highest BCUT2D eigenvalue weighted by Crippen LogP contribution is 2.43. The summed E-state index contributed by atoms with van der Waals surface area (Å²) in [5, 5.41) is 13.2. The minimum Gasteiger partial charge on any atom is -0.464 e. The van der Waals surface area contributed by atoms with E-state index in [9.17, 15) is 9.59 Å². The van der Waals surface area contributed by atoms with E-state index in [1.165, 1.54) is 7.11 Å². The van der Waals surface area contributed by atoms with Crippen molar-refractivity contribution < 1.29 is 19.1 Å². The van der Waals surface area contributed by atoms with Gasteiger partial charge in [-0.2, -0.15) is 10.2 Å². The van der Waals surface area contributed by atoms with Crippen molar-refractivity contribution >= 4 is 80.3 Å². The third-order valence-corrected chi connectivity index (χ3v) is 11.5. The predicted molar refractivity (Wildman–Crippen MR) is 197 cm³/mol. The molecule has 0 saturated carbocycles. The van der Waals surface area contributed by atoms with Gasteiger partial charge in [-0.1, -0.05) is 35.3 Å². The van der Waals surface area contributed by atoms with Crippen molar-refractivity contribution in [1.82, 2.24) is 24.1 Å². The van der Waals surface area contributed by atoms with Crippen molar-refractivity contribution in [3.8, 4) is 16.9 Å². The van der Waals surface area contributed by atoms with Crippen LogP contribution in [-0.4, -0.2) is 43.2 Å². The molecular weight excluding hydrogens is 701 g/mol. The zero-order chi connectivity index (χ0) is 34.6. The number of methoxy groups -OCH3 is 1. The molecule has 0 saturated heterocycles. The molecule has 0 fully saturated rings. The first-order valence-corrected chi connectivity index (χ1v) is 18.5. The monoisotopic (exact) mass is 733 g/mol. The van der Waals surface area contributed by atoms with Crippen molar-refractivity contribution in [3.63, 3.8) is 0 Å². The van der Waals surface area contributed by atoms with Crippen LogP contribution >= 0.6 is 46.7 Å². The number of aryl methyl sites for hydroxylation is 4. The average Bonchev–Trinajstić information content (AvgIpc) is 3.67. The van der Waals surface area contributed by atoms with E-state index in [4.69, 9.17) is 42.9 Å². The van der Waals surface area contributed by atoms with Crippen molar-refractivity contribution in [2.45, 2.75) is 41.9 Å². The summed E-state index contributed by atoms with van der Waals surface area (Å²) in [6, 6.07) is 15.4. The molecule has 3 aromatic heterocycles. The molecular formula is C36H33Cl2N5O4S2. The molecule has 3 aromatic carbocycles. The van der Waals surface area contributed by atoms with Crippen LogP contribution in [0.5, 0.6) is 5.75 Å². The minimum atomic E-state index is -0.502. The summed E-state index contributed by atoms with van der Waals surface area (Å²) in [5.41, 5.74) is 7.39. The fourth-order valence-corrected chi connectivity index (χ4v) is 8.83. The summed E-state index contributed by atoms with van der Waals surface area (Å²) in [5.74, 6) is 1.50. The summed E-state index contributed by atoms with van der Waals surface area (Å²) < 4.78 is 16.9. The van der Waals surface area contributed by atoms with Gasteiger partial charge in [-0.05, 0) is 60.7 Å². The quantitative estimate of drug-likeness (QED) is 0.123. The number of carbonyl (C=O) groups is 2. The van der Waals surface area contributed by atoms with Crippen LogP contribution in [0.1, 0.15) is 45.2 Å². The van der Waals surface area contributed by atoms with E-state index in [-0.39, 0.29) is 12.8 Å². The Labute approximate surface area is 301 Å². The number of thioether (sulfide) groups is 2. The number of ether oxygens (including phenoxy) is 2. The summed E-state index contributed by atoms with van der Waals surface area (Å²) in [6.07, 6.45) is 0.262. The van der Waals surface area contributed by atoms with Crippen molar-refractivity contribution in [2.24, 2.45) is 21.1 Å². The van der Waals surface area contributed by atoms with E-state index in [0.29, 0.717) is 44.3 Å². The van der Waals surface area contributed by atoms with Crippen molar-refractivity contribution in [2.75, 3.05) is 7.11 Å². The lowest BCUT2D eigenvalue weighted by molar-refractivity contribution is -0.134. The molecule has 0 spiro atoms. The molecule has 0 amide bonds. The number of rotatable bonds is 1. The van der Waals surface area contributed by atoms with Gasteiger partial charge in [-0.25, -0.2) is 4.79 Å². The van der Waals surface area contributed by atoms with Crippen LogP contribution < -0.4 is 4.74 Å². The molecule has 49 heavy (non-hydrogen) atoms. The zero-order valence-corrected chi connectivity index (χ0v) is 30.7. The van der Waals surface area contributed by atoms with E-state index in [0.717, 1.165) is 60.5 Å². The molecule has 9 nitrogen and oxygen atoms in total. The molecule has 252 valence electrons.